The number of hydrogen-bond acceptors (Lipinski definition) is 5. The molecule has 2 aliphatic heterocycles. The van der Waals surface area contributed by atoms with Gasteiger partial charge in [0.1, 0.15) is 0 Å². The van der Waals surface area contributed by atoms with Crippen LogP contribution in [0.1, 0.15) is 39.0 Å². The van der Waals surface area contributed by atoms with E-state index < -0.39 is 9.84 Å². The van der Waals surface area contributed by atoms with Crippen molar-refractivity contribution < 1.29 is 18.0 Å². The normalized spacial score (nSPS) is 20.9. The van der Waals surface area contributed by atoms with Crippen molar-refractivity contribution in [3.8, 4) is 0 Å². The van der Waals surface area contributed by atoms with Crippen molar-refractivity contribution in [3.63, 3.8) is 0 Å². The Morgan fingerprint density at radius 2 is 1.92 bits per heavy atom. The van der Waals surface area contributed by atoms with E-state index in [2.05, 4.69) is 5.32 Å². The Kier molecular flexibility index (Phi) is 5.92. The number of anilines is 1. The summed E-state index contributed by atoms with van der Waals surface area (Å²) < 4.78 is 25.3. The smallest absolute Gasteiger partial charge is 0.237 e. The lowest BCUT2D eigenvalue weighted by atomic mass is 10.2. The fourth-order valence-electron chi connectivity index (χ4n) is 3.20. The summed E-state index contributed by atoms with van der Waals surface area (Å²) in [7, 11) is -3.58. The summed E-state index contributed by atoms with van der Waals surface area (Å²) in [4.78, 5) is 26.9. The molecule has 142 valence electrons. The minimum absolute atomic E-state index is 0.00242. The molecular formula is C18H24N2O4S2. The standard InChI is InChI=1S/C18H24N2O4S2/c1-13-18(22)19-15-12-14(6-7-16(15)25-13)26(23,24)11-8-17(21)20-9-4-2-3-5-10-20/h6-7,12-13H,2-5,8-11H2,1H3,(H,19,22)/t13-/m0/s1. The van der Waals surface area contributed by atoms with Gasteiger partial charge >= 0.3 is 0 Å². The van der Waals surface area contributed by atoms with Gasteiger partial charge in [0, 0.05) is 24.4 Å². The van der Waals surface area contributed by atoms with E-state index in [0.29, 0.717) is 5.69 Å². The molecule has 2 heterocycles. The highest BCUT2D eigenvalue weighted by Crippen LogP contribution is 2.36. The predicted octanol–water partition coefficient (Wildman–Crippen LogP) is 2.69. The SMILES string of the molecule is C[C@@H]1Sc2ccc(S(=O)(=O)CCC(=O)N3CCCCCC3)cc2NC1=O. The van der Waals surface area contributed by atoms with E-state index in [1.807, 2.05) is 6.92 Å². The molecule has 6 nitrogen and oxygen atoms in total. The first-order valence-electron chi connectivity index (χ1n) is 8.99. The van der Waals surface area contributed by atoms with Crippen LogP contribution in [0, 0.1) is 0 Å². The number of thioether (sulfide) groups is 1. The van der Waals surface area contributed by atoms with Gasteiger partial charge in [-0.1, -0.05) is 12.8 Å². The Hall–Kier alpha value is -1.54. The average molecular weight is 397 g/mol. The van der Waals surface area contributed by atoms with Crippen LogP contribution in [0.15, 0.2) is 28.0 Å². The van der Waals surface area contributed by atoms with Crippen LogP contribution in [0.4, 0.5) is 5.69 Å². The van der Waals surface area contributed by atoms with Crippen LogP contribution in [0.3, 0.4) is 0 Å². The molecule has 0 saturated carbocycles. The fourth-order valence-corrected chi connectivity index (χ4v) is 5.38. The molecule has 0 aromatic heterocycles. The highest BCUT2D eigenvalue weighted by Gasteiger charge is 2.26. The zero-order valence-corrected chi connectivity index (χ0v) is 16.5. The van der Waals surface area contributed by atoms with E-state index >= 15 is 0 Å². The van der Waals surface area contributed by atoms with Gasteiger partial charge < -0.3 is 10.2 Å². The van der Waals surface area contributed by atoms with Crippen LogP contribution in [0.25, 0.3) is 0 Å². The number of nitrogens with one attached hydrogen (secondary N) is 1. The first kappa shape index (κ1) is 19.2. The molecule has 0 bridgehead atoms. The lowest BCUT2D eigenvalue weighted by Gasteiger charge is -2.22. The average Bonchev–Trinajstić information content (AvgIpc) is 2.90. The number of benzene rings is 1. The molecule has 0 unspecified atom stereocenters. The van der Waals surface area contributed by atoms with Gasteiger partial charge in [0.2, 0.25) is 11.8 Å². The second kappa shape index (κ2) is 8.00. The molecule has 0 radical (unpaired) electrons. The van der Waals surface area contributed by atoms with Gasteiger partial charge in [-0.3, -0.25) is 9.59 Å². The molecule has 2 amide bonds. The number of likely N-dealkylation sites (tertiary alicyclic amines) is 1. The third-order valence-corrected chi connectivity index (χ3v) is 7.68. The molecule has 3 rings (SSSR count). The highest BCUT2D eigenvalue weighted by molar-refractivity contribution is 8.01. The number of hydrogen-bond donors (Lipinski definition) is 1. The van der Waals surface area contributed by atoms with E-state index in [0.717, 1.165) is 43.7 Å². The molecule has 1 fully saturated rings. The summed E-state index contributed by atoms with van der Waals surface area (Å²) in [6.07, 6.45) is 4.22. The van der Waals surface area contributed by atoms with Crippen molar-refractivity contribution in [1.29, 1.82) is 0 Å². The molecule has 1 atom stereocenters. The number of amides is 2. The Labute approximate surface area is 158 Å². The third-order valence-electron chi connectivity index (χ3n) is 4.78. The highest BCUT2D eigenvalue weighted by atomic mass is 32.2. The maximum Gasteiger partial charge on any atom is 0.237 e. The first-order valence-corrected chi connectivity index (χ1v) is 11.5. The molecule has 1 N–H and O–H groups in total. The molecular weight excluding hydrogens is 372 g/mol. The van der Waals surface area contributed by atoms with Crippen molar-refractivity contribution >= 4 is 39.1 Å². The lowest BCUT2D eigenvalue weighted by Crippen LogP contribution is -2.33. The molecule has 0 aliphatic carbocycles. The minimum Gasteiger partial charge on any atom is -0.343 e. The van der Waals surface area contributed by atoms with Gasteiger partial charge in [-0.05, 0) is 38.0 Å². The summed E-state index contributed by atoms with van der Waals surface area (Å²) in [6.45, 7) is 3.25. The Bertz CT molecular complexity index is 799. The zero-order valence-electron chi connectivity index (χ0n) is 14.9. The third kappa shape index (κ3) is 4.40. The van der Waals surface area contributed by atoms with E-state index in [-0.39, 0.29) is 34.1 Å². The van der Waals surface area contributed by atoms with Crippen molar-refractivity contribution in [1.82, 2.24) is 4.90 Å². The fraction of sp³-hybridized carbons (Fsp3) is 0.556. The first-order chi connectivity index (χ1) is 12.4. The van der Waals surface area contributed by atoms with Crippen LogP contribution in [0.2, 0.25) is 0 Å². The number of sulfone groups is 1. The summed E-state index contributed by atoms with van der Waals surface area (Å²) in [6, 6.07) is 4.78. The van der Waals surface area contributed by atoms with E-state index in [9.17, 15) is 18.0 Å². The minimum atomic E-state index is -3.58. The van der Waals surface area contributed by atoms with Gasteiger partial charge in [-0.2, -0.15) is 0 Å². The summed E-state index contributed by atoms with van der Waals surface area (Å²) in [5.41, 5.74) is 0.526. The van der Waals surface area contributed by atoms with Crippen LogP contribution in [0.5, 0.6) is 0 Å². The summed E-state index contributed by atoms with van der Waals surface area (Å²) >= 11 is 1.41. The van der Waals surface area contributed by atoms with Gasteiger partial charge in [-0.15, -0.1) is 11.8 Å². The maximum atomic E-state index is 12.6. The molecule has 0 spiro atoms. The Morgan fingerprint density at radius 3 is 2.62 bits per heavy atom. The topological polar surface area (TPSA) is 83.6 Å². The summed E-state index contributed by atoms with van der Waals surface area (Å²) in [5, 5.41) is 2.55. The molecule has 1 aromatic rings. The quantitative estimate of drug-likeness (QED) is 0.846. The molecule has 26 heavy (non-hydrogen) atoms. The van der Waals surface area contributed by atoms with Gasteiger partial charge in [0.05, 0.1) is 21.6 Å². The number of rotatable bonds is 4. The number of nitrogens with zero attached hydrogens (tertiary/aromatic N) is 1. The Balaban J connectivity index is 1.67. The van der Waals surface area contributed by atoms with Crippen molar-refractivity contribution in [3.05, 3.63) is 18.2 Å². The number of carbonyl (C=O) groups is 2. The van der Waals surface area contributed by atoms with Crippen LogP contribution < -0.4 is 5.32 Å². The van der Waals surface area contributed by atoms with Gasteiger partial charge in [-0.25, -0.2) is 8.42 Å². The van der Waals surface area contributed by atoms with E-state index in [4.69, 9.17) is 0 Å². The van der Waals surface area contributed by atoms with Crippen molar-refractivity contribution in [2.24, 2.45) is 0 Å². The van der Waals surface area contributed by atoms with E-state index in [1.165, 1.54) is 17.8 Å². The predicted molar refractivity (Wildman–Crippen MR) is 102 cm³/mol. The van der Waals surface area contributed by atoms with Crippen molar-refractivity contribution in [2.45, 2.75) is 54.1 Å². The van der Waals surface area contributed by atoms with Crippen LogP contribution in [-0.4, -0.2) is 49.2 Å². The van der Waals surface area contributed by atoms with Gasteiger partial charge in [0.25, 0.3) is 0 Å². The molecule has 8 heteroatoms. The molecule has 1 saturated heterocycles. The Morgan fingerprint density at radius 1 is 1.23 bits per heavy atom. The zero-order chi connectivity index (χ0) is 18.7. The number of carbonyl (C=O) groups excluding carboxylic acids is 2. The second-order valence-electron chi connectivity index (χ2n) is 6.77. The maximum absolute atomic E-state index is 12.6. The monoisotopic (exact) mass is 396 g/mol. The second-order valence-corrected chi connectivity index (χ2v) is 10.3. The molecule has 2 aliphatic rings. The van der Waals surface area contributed by atoms with E-state index in [1.54, 1.807) is 17.0 Å². The van der Waals surface area contributed by atoms with Crippen molar-refractivity contribution in [2.75, 3.05) is 24.2 Å². The number of fused-ring (bicyclic) bond motifs is 1. The molecule has 1 aromatic carbocycles. The van der Waals surface area contributed by atoms with Gasteiger partial charge in [0.15, 0.2) is 9.84 Å². The summed E-state index contributed by atoms with van der Waals surface area (Å²) in [5.74, 6) is -0.432. The van der Waals surface area contributed by atoms with Crippen LogP contribution >= 0.6 is 11.8 Å². The lowest BCUT2D eigenvalue weighted by molar-refractivity contribution is -0.130. The largest absolute Gasteiger partial charge is 0.343 e. The van der Waals surface area contributed by atoms with Crippen LogP contribution in [-0.2, 0) is 19.4 Å².